The van der Waals surface area contributed by atoms with Crippen molar-refractivity contribution in [2.45, 2.75) is 25.8 Å². The van der Waals surface area contributed by atoms with E-state index in [0.717, 1.165) is 29.0 Å². The van der Waals surface area contributed by atoms with Gasteiger partial charge >= 0.3 is 0 Å². The Hall–Kier alpha value is -2.74. The number of aromatic nitrogens is 3. The fourth-order valence-electron chi connectivity index (χ4n) is 2.22. The molecule has 1 aromatic carbocycles. The Bertz CT molecular complexity index is 870. The molecule has 1 aliphatic carbocycles. The third-order valence-electron chi connectivity index (χ3n) is 3.73. The molecule has 1 aliphatic rings. The van der Waals surface area contributed by atoms with E-state index in [2.05, 4.69) is 25.8 Å². The summed E-state index contributed by atoms with van der Waals surface area (Å²) in [5, 5.41) is 14.5. The highest BCUT2D eigenvalue weighted by atomic mass is 32.1. The zero-order valence-corrected chi connectivity index (χ0v) is 13.8. The van der Waals surface area contributed by atoms with Crippen LogP contribution in [0.25, 0.3) is 10.8 Å². The minimum atomic E-state index is -0.0359. The Kier molecular flexibility index (Phi) is 3.73. The lowest BCUT2D eigenvalue weighted by molar-refractivity contribution is 0.0951. The van der Waals surface area contributed by atoms with E-state index in [-0.39, 0.29) is 5.91 Å². The number of nitrogens with zero attached hydrogens (tertiary/aromatic N) is 3. The first-order valence-corrected chi connectivity index (χ1v) is 8.41. The van der Waals surface area contributed by atoms with Crippen molar-refractivity contribution in [3.8, 4) is 10.8 Å². The van der Waals surface area contributed by atoms with E-state index in [0.29, 0.717) is 22.6 Å². The Morgan fingerprint density at radius 3 is 3.00 bits per heavy atom. The molecule has 0 saturated heterocycles. The number of hydrogen-bond donors (Lipinski definition) is 2. The van der Waals surface area contributed by atoms with Crippen molar-refractivity contribution in [2.75, 3.05) is 5.32 Å². The van der Waals surface area contributed by atoms with E-state index >= 15 is 0 Å². The maximum absolute atomic E-state index is 12.2. The van der Waals surface area contributed by atoms with Gasteiger partial charge < -0.3 is 15.1 Å². The van der Waals surface area contributed by atoms with E-state index in [4.69, 9.17) is 4.42 Å². The summed E-state index contributed by atoms with van der Waals surface area (Å²) in [5.74, 6) is 0.404. The average Bonchev–Trinajstić information content (AvgIpc) is 3.03. The van der Waals surface area contributed by atoms with Crippen molar-refractivity contribution in [1.82, 2.24) is 20.5 Å². The maximum Gasteiger partial charge on any atom is 0.259 e. The Labute approximate surface area is 142 Å². The molecule has 122 valence electrons. The number of carbonyl (C=O) groups excluding carboxylic acids is 1. The third-order valence-corrected chi connectivity index (χ3v) is 4.63. The van der Waals surface area contributed by atoms with Gasteiger partial charge in [0.05, 0.1) is 6.20 Å². The van der Waals surface area contributed by atoms with Crippen molar-refractivity contribution in [2.24, 2.45) is 0 Å². The quantitative estimate of drug-likeness (QED) is 0.740. The van der Waals surface area contributed by atoms with Crippen LogP contribution in [0.3, 0.4) is 0 Å². The Balaban J connectivity index is 1.54. The van der Waals surface area contributed by atoms with Gasteiger partial charge in [0.25, 0.3) is 11.8 Å². The monoisotopic (exact) mass is 341 g/mol. The highest BCUT2D eigenvalue weighted by Gasteiger charge is 2.24. The number of anilines is 2. The fraction of sp³-hybridized carbons (Fsp3) is 0.250. The molecule has 1 amide bonds. The van der Waals surface area contributed by atoms with Gasteiger partial charge in [-0.25, -0.2) is 4.98 Å². The number of aryl methyl sites for hydroxylation is 1. The second kappa shape index (κ2) is 6.04. The van der Waals surface area contributed by atoms with Crippen LogP contribution >= 0.6 is 11.3 Å². The summed E-state index contributed by atoms with van der Waals surface area (Å²) < 4.78 is 5.17. The van der Waals surface area contributed by atoms with Gasteiger partial charge in [-0.1, -0.05) is 17.4 Å². The van der Waals surface area contributed by atoms with Gasteiger partial charge in [0.2, 0.25) is 6.39 Å². The van der Waals surface area contributed by atoms with E-state index < -0.39 is 0 Å². The first kappa shape index (κ1) is 14.8. The molecule has 24 heavy (non-hydrogen) atoms. The lowest BCUT2D eigenvalue weighted by Gasteiger charge is -2.10. The summed E-state index contributed by atoms with van der Waals surface area (Å²) in [6, 6.07) is 5.95. The van der Waals surface area contributed by atoms with Crippen LogP contribution in [0.1, 0.15) is 28.8 Å². The number of nitrogens with one attached hydrogen (secondary N) is 2. The minimum Gasteiger partial charge on any atom is -0.423 e. The largest absolute Gasteiger partial charge is 0.423 e. The van der Waals surface area contributed by atoms with Gasteiger partial charge in [0.15, 0.2) is 5.13 Å². The molecule has 2 heterocycles. The van der Waals surface area contributed by atoms with E-state index in [9.17, 15) is 4.79 Å². The average molecular weight is 341 g/mol. The van der Waals surface area contributed by atoms with Crippen LogP contribution in [-0.4, -0.2) is 27.1 Å². The van der Waals surface area contributed by atoms with Crippen LogP contribution in [0.15, 0.2) is 35.2 Å². The molecular formula is C16H15N5O2S. The summed E-state index contributed by atoms with van der Waals surface area (Å²) in [7, 11) is 0. The molecule has 8 heteroatoms. The van der Waals surface area contributed by atoms with Crippen LogP contribution < -0.4 is 10.6 Å². The van der Waals surface area contributed by atoms with Crippen molar-refractivity contribution in [1.29, 1.82) is 0 Å². The molecule has 7 nitrogen and oxygen atoms in total. The molecule has 0 aliphatic heterocycles. The SMILES string of the molecule is Cc1ccc(C(=O)NC2CC2)cc1Nc1ncc(-c2nnco2)s1. The second-order valence-electron chi connectivity index (χ2n) is 5.68. The highest BCUT2D eigenvalue weighted by molar-refractivity contribution is 7.18. The number of benzene rings is 1. The standard InChI is InChI=1S/C16H15N5O2S/c1-9-2-3-10(14(22)19-11-4-5-11)6-12(9)20-16-17-7-13(24-16)15-21-18-8-23-15/h2-3,6-8,11H,4-5H2,1H3,(H,17,20)(H,19,22). The summed E-state index contributed by atoms with van der Waals surface area (Å²) in [4.78, 5) is 17.3. The van der Waals surface area contributed by atoms with Gasteiger partial charge in [-0.3, -0.25) is 4.79 Å². The van der Waals surface area contributed by atoms with Crippen LogP contribution in [0, 0.1) is 6.92 Å². The summed E-state index contributed by atoms with van der Waals surface area (Å²) in [6.07, 6.45) is 5.11. The van der Waals surface area contributed by atoms with Gasteiger partial charge in [0.1, 0.15) is 4.88 Å². The maximum atomic E-state index is 12.2. The Morgan fingerprint density at radius 2 is 2.25 bits per heavy atom. The molecule has 0 radical (unpaired) electrons. The lowest BCUT2D eigenvalue weighted by atomic mass is 10.1. The third kappa shape index (κ3) is 3.13. The second-order valence-corrected chi connectivity index (χ2v) is 6.71. The van der Waals surface area contributed by atoms with Crippen molar-refractivity contribution >= 4 is 28.1 Å². The van der Waals surface area contributed by atoms with Crippen LogP contribution in [-0.2, 0) is 0 Å². The number of amides is 1. The molecule has 4 rings (SSSR count). The zero-order valence-electron chi connectivity index (χ0n) is 12.9. The van der Waals surface area contributed by atoms with E-state index in [1.165, 1.54) is 17.7 Å². The number of hydrogen-bond acceptors (Lipinski definition) is 7. The lowest BCUT2D eigenvalue weighted by Crippen LogP contribution is -2.25. The van der Waals surface area contributed by atoms with Gasteiger partial charge in [-0.15, -0.1) is 10.2 Å². The first-order valence-electron chi connectivity index (χ1n) is 7.60. The molecule has 1 saturated carbocycles. The predicted molar refractivity (Wildman–Crippen MR) is 90.4 cm³/mol. The molecule has 0 unspecified atom stereocenters. The minimum absolute atomic E-state index is 0.0359. The smallest absolute Gasteiger partial charge is 0.259 e. The van der Waals surface area contributed by atoms with Crippen molar-refractivity contribution in [3.63, 3.8) is 0 Å². The van der Waals surface area contributed by atoms with E-state index in [1.54, 1.807) is 6.20 Å². The normalized spacial score (nSPS) is 13.7. The molecular weight excluding hydrogens is 326 g/mol. The molecule has 3 aromatic rings. The summed E-state index contributed by atoms with van der Waals surface area (Å²) >= 11 is 1.41. The molecule has 0 bridgehead atoms. The van der Waals surface area contributed by atoms with Gasteiger partial charge in [-0.05, 0) is 37.5 Å². The molecule has 0 atom stereocenters. The van der Waals surface area contributed by atoms with Gasteiger partial charge in [-0.2, -0.15) is 0 Å². The summed E-state index contributed by atoms with van der Waals surface area (Å²) in [6.45, 7) is 1.98. The first-order chi connectivity index (χ1) is 11.7. The number of thiazole rings is 1. The van der Waals surface area contributed by atoms with Crippen LogP contribution in [0.2, 0.25) is 0 Å². The van der Waals surface area contributed by atoms with E-state index in [1.807, 2.05) is 25.1 Å². The van der Waals surface area contributed by atoms with Crippen LogP contribution in [0.5, 0.6) is 0 Å². The zero-order chi connectivity index (χ0) is 16.5. The van der Waals surface area contributed by atoms with Gasteiger partial charge in [0, 0.05) is 17.3 Å². The summed E-state index contributed by atoms with van der Waals surface area (Å²) in [5.41, 5.74) is 2.53. The molecule has 0 spiro atoms. The molecule has 2 N–H and O–H groups in total. The predicted octanol–water partition coefficient (Wildman–Crippen LogP) is 3.14. The van der Waals surface area contributed by atoms with Crippen molar-refractivity contribution in [3.05, 3.63) is 41.9 Å². The fourth-order valence-corrected chi connectivity index (χ4v) is 2.98. The Morgan fingerprint density at radius 1 is 1.38 bits per heavy atom. The number of rotatable bonds is 5. The van der Waals surface area contributed by atoms with Crippen LogP contribution in [0.4, 0.5) is 10.8 Å². The topological polar surface area (TPSA) is 92.9 Å². The highest BCUT2D eigenvalue weighted by Crippen LogP contribution is 2.30. The van der Waals surface area contributed by atoms with Crippen molar-refractivity contribution < 1.29 is 9.21 Å². The number of carbonyl (C=O) groups is 1. The molecule has 1 fully saturated rings. The molecule has 2 aromatic heterocycles.